The Balaban J connectivity index is 2.04. The third kappa shape index (κ3) is 3.23. The first-order chi connectivity index (χ1) is 8.69. The van der Waals surface area contributed by atoms with Crippen molar-refractivity contribution in [3.05, 3.63) is 52.1 Å². The van der Waals surface area contributed by atoms with Gasteiger partial charge in [0.05, 0.1) is 7.11 Å². The fraction of sp³-hybridized carbons (Fsp3) is 0.214. The predicted octanol–water partition coefficient (Wildman–Crippen LogP) is 3.77. The number of rotatable bonds is 4. The van der Waals surface area contributed by atoms with Crippen molar-refractivity contribution in [3.8, 4) is 5.75 Å². The van der Waals surface area contributed by atoms with Gasteiger partial charge in [-0.1, -0.05) is 12.1 Å². The lowest BCUT2D eigenvalue weighted by Crippen LogP contribution is -2.01. The van der Waals surface area contributed by atoms with Crippen LogP contribution in [-0.2, 0) is 6.54 Å². The van der Waals surface area contributed by atoms with Gasteiger partial charge in [0.15, 0.2) is 0 Å². The number of nitrogens with one attached hydrogen (secondary N) is 1. The second-order valence-corrected chi connectivity index (χ2v) is 4.93. The van der Waals surface area contributed by atoms with Gasteiger partial charge in [-0.05, 0) is 52.2 Å². The lowest BCUT2D eigenvalue weighted by molar-refractivity contribution is 0.411. The van der Waals surface area contributed by atoms with Crippen LogP contribution in [0.3, 0.4) is 0 Å². The Morgan fingerprint density at radius 1 is 1.28 bits per heavy atom. The van der Waals surface area contributed by atoms with Crippen molar-refractivity contribution in [2.45, 2.75) is 13.5 Å². The van der Waals surface area contributed by atoms with Crippen molar-refractivity contribution in [2.75, 3.05) is 12.4 Å². The molecule has 0 saturated carbocycles. The Hall–Kier alpha value is -1.55. The quantitative estimate of drug-likeness (QED) is 0.933. The maximum atomic E-state index is 5.30. The summed E-state index contributed by atoms with van der Waals surface area (Å²) in [6.45, 7) is 2.76. The Morgan fingerprint density at radius 2 is 2.11 bits per heavy atom. The number of benzene rings is 1. The van der Waals surface area contributed by atoms with E-state index in [4.69, 9.17) is 4.74 Å². The third-order valence-corrected chi connectivity index (χ3v) is 3.14. The summed E-state index contributed by atoms with van der Waals surface area (Å²) in [6, 6.07) is 10.1. The van der Waals surface area contributed by atoms with E-state index >= 15 is 0 Å². The SMILES string of the molecule is COc1cc(CNc2ccc(Br)cn2)ccc1C. The molecule has 18 heavy (non-hydrogen) atoms. The van der Waals surface area contributed by atoms with Crippen LogP contribution < -0.4 is 10.1 Å². The summed E-state index contributed by atoms with van der Waals surface area (Å²) < 4.78 is 6.28. The molecule has 0 spiro atoms. The van der Waals surface area contributed by atoms with Crippen molar-refractivity contribution >= 4 is 21.7 Å². The normalized spacial score (nSPS) is 10.2. The van der Waals surface area contributed by atoms with Gasteiger partial charge in [-0.25, -0.2) is 4.98 Å². The van der Waals surface area contributed by atoms with E-state index < -0.39 is 0 Å². The van der Waals surface area contributed by atoms with Gasteiger partial charge in [-0.3, -0.25) is 0 Å². The first-order valence-corrected chi connectivity index (χ1v) is 6.47. The van der Waals surface area contributed by atoms with Gasteiger partial charge in [-0.2, -0.15) is 0 Å². The molecular formula is C14H15BrN2O. The Kier molecular flexibility index (Phi) is 4.20. The van der Waals surface area contributed by atoms with Gasteiger partial charge in [0, 0.05) is 17.2 Å². The molecule has 2 aromatic rings. The van der Waals surface area contributed by atoms with Crippen molar-refractivity contribution in [2.24, 2.45) is 0 Å². The van der Waals surface area contributed by atoms with Crippen LogP contribution in [0, 0.1) is 6.92 Å². The summed E-state index contributed by atoms with van der Waals surface area (Å²) in [7, 11) is 1.69. The van der Waals surface area contributed by atoms with E-state index in [1.54, 1.807) is 13.3 Å². The van der Waals surface area contributed by atoms with Crippen LogP contribution in [0.4, 0.5) is 5.82 Å². The molecule has 0 saturated heterocycles. The van der Waals surface area contributed by atoms with Gasteiger partial charge in [0.2, 0.25) is 0 Å². The molecule has 94 valence electrons. The van der Waals surface area contributed by atoms with Crippen molar-refractivity contribution < 1.29 is 4.74 Å². The van der Waals surface area contributed by atoms with E-state index in [1.807, 2.05) is 25.1 Å². The maximum Gasteiger partial charge on any atom is 0.126 e. The topological polar surface area (TPSA) is 34.1 Å². The van der Waals surface area contributed by atoms with Crippen molar-refractivity contribution in [1.82, 2.24) is 4.98 Å². The van der Waals surface area contributed by atoms with E-state index in [9.17, 15) is 0 Å². The van der Waals surface area contributed by atoms with E-state index in [0.717, 1.165) is 28.1 Å². The first kappa shape index (κ1) is 12.9. The predicted molar refractivity (Wildman–Crippen MR) is 77.0 cm³/mol. The molecule has 0 amide bonds. The highest BCUT2D eigenvalue weighted by molar-refractivity contribution is 9.10. The lowest BCUT2D eigenvalue weighted by Gasteiger charge is -2.09. The molecule has 2 rings (SSSR count). The van der Waals surface area contributed by atoms with Crippen LogP contribution in [0.5, 0.6) is 5.75 Å². The standard InChI is InChI=1S/C14H15BrN2O/c1-10-3-4-11(7-13(10)18-2)8-16-14-6-5-12(15)9-17-14/h3-7,9H,8H2,1-2H3,(H,16,17). The number of hydrogen-bond acceptors (Lipinski definition) is 3. The van der Waals surface area contributed by atoms with Crippen molar-refractivity contribution in [3.63, 3.8) is 0 Å². The van der Waals surface area contributed by atoms with Crippen LogP contribution in [0.2, 0.25) is 0 Å². The highest BCUT2D eigenvalue weighted by atomic mass is 79.9. The van der Waals surface area contributed by atoms with Gasteiger partial charge < -0.3 is 10.1 Å². The fourth-order valence-electron chi connectivity index (χ4n) is 1.65. The molecule has 0 aliphatic heterocycles. The number of aryl methyl sites for hydroxylation is 1. The summed E-state index contributed by atoms with van der Waals surface area (Å²) in [4.78, 5) is 4.26. The van der Waals surface area contributed by atoms with E-state index in [2.05, 4.69) is 38.4 Å². The molecular weight excluding hydrogens is 292 g/mol. The number of hydrogen-bond donors (Lipinski definition) is 1. The van der Waals surface area contributed by atoms with Crippen LogP contribution in [0.25, 0.3) is 0 Å². The summed E-state index contributed by atoms with van der Waals surface area (Å²) in [6.07, 6.45) is 1.78. The van der Waals surface area contributed by atoms with Gasteiger partial charge in [0.1, 0.15) is 11.6 Å². The second kappa shape index (κ2) is 5.87. The Morgan fingerprint density at radius 3 is 2.78 bits per heavy atom. The number of anilines is 1. The average Bonchev–Trinajstić information content (AvgIpc) is 2.39. The molecule has 0 atom stereocenters. The van der Waals surface area contributed by atoms with E-state index in [0.29, 0.717) is 0 Å². The minimum atomic E-state index is 0.727. The highest BCUT2D eigenvalue weighted by Gasteiger charge is 2.01. The smallest absolute Gasteiger partial charge is 0.126 e. The van der Waals surface area contributed by atoms with Crippen LogP contribution >= 0.6 is 15.9 Å². The summed E-state index contributed by atoms with van der Waals surface area (Å²) >= 11 is 3.36. The van der Waals surface area contributed by atoms with E-state index in [1.165, 1.54) is 5.56 Å². The second-order valence-electron chi connectivity index (χ2n) is 4.02. The summed E-state index contributed by atoms with van der Waals surface area (Å²) in [5, 5.41) is 3.27. The molecule has 1 N–H and O–H groups in total. The molecule has 0 radical (unpaired) electrons. The summed E-state index contributed by atoms with van der Waals surface area (Å²) in [5.74, 6) is 1.77. The Labute approximate surface area is 115 Å². The van der Waals surface area contributed by atoms with E-state index in [-0.39, 0.29) is 0 Å². The van der Waals surface area contributed by atoms with Crippen LogP contribution in [0.1, 0.15) is 11.1 Å². The van der Waals surface area contributed by atoms with Crippen LogP contribution in [-0.4, -0.2) is 12.1 Å². The third-order valence-electron chi connectivity index (χ3n) is 2.67. The van der Waals surface area contributed by atoms with Gasteiger partial charge in [-0.15, -0.1) is 0 Å². The lowest BCUT2D eigenvalue weighted by atomic mass is 10.1. The number of pyridine rings is 1. The van der Waals surface area contributed by atoms with Gasteiger partial charge in [0.25, 0.3) is 0 Å². The highest BCUT2D eigenvalue weighted by Crippen LogP contribution is 2.19. The molecule has 1 heterocycles. The number of halogens is 1. The molecule has 0 bridgehead atoms. The maximum absolute atomic E-state index is 5.30. The zero-order valence-corrected chi connectivity index (χ0v) is 12.0. The van der Waals surface area contributed by atoms with Crippen LogP contribution in [0.15, 0.2) is 41.0 Å². The largest absolute Gasteiger partial charge is 0.496 e. The minimum absolute atomic E-state index is 0.727. The molecule has 0 aliphatic carbocycles. The molecule has 0 unspecified atom stereocenters. The summed E-state index contributed by atoms with van der Waals surface area (Å²) in [5.41, 5.74) is 2.31. The molecule has 4 heteroatoms. The fourth-order valence-corrected chi connectivity index (χ4v) is 1.88. The monoisotopic (exact) mass is 306 g/mol. The number of nitrogens with zero attached hydrogens (tertiary/aromatic N) is 1. The molecule has 3 nitrogen and oxygen atoms in total. The first-order valence-electron chi connectivity index (χ1n) is 5.68. The molecule has 1 aromatic carbocycles. The zero-order valence-electron chi connectivity index (χ0n) is 10.4. The average molecular weight is 307 g/mol. The van der Waals surface area contributed by atoms with Gasteiger partial charge >= 0.3 is 0 Å². The number of aromatic nitrogens is 1. The number of ether oxygens (including phenoxy) is 1. The Bertz CT molecular complexity index is 526. The number of methoxy groups -OCH3 is 1. The molecule has 1 aromatic heterocycles. The molecule has 0 aliphatic rings. The molecule has 0 fully saturated rings. The zero-order chi connectivity index (χ0) is 13.0. The minimum Gasteiger partial charge on any atom is -0.496 e. The van der Waals surface area contributed by atoms with Crippen molar-refractivity contribution in [1.29, 1.82) is 0 Å².